The van der Waals surface area contributed by atoms with Gasteiger partial charge in [-0.1, -0.05) is 64.6 Å². The van der Waals surface area contributed by atoms with Gasteiger partial charge in [0.2, 0.25) is 0 Å². The molecular weight excluding hydrogens is 626 g/mol. The molecule has 1 saturated heterocycles. The van der Waals surface area contributed by atoms with E-state index in [-0.39, 0.29) is 31.2 Å². The fourth-order valence-corrected chi connectivity index (χ4v) is 6.38. The van der Waals surface area contributed by atoms with Gasteiger partial charge in [-0.3, -0.25) is 24.2 Å². The first-order valence-electron chi connectivity index (χ1n) is 11.1. The lowest BCUT2D eigenvalue weighted by Crippen LogP contribution is -2.67. The highest BCUT2D eigenvalue weighted by molar-refractivity contribution is 9.10. The predicted octanol–water partition coefficient (Wildman–Crippen LogP) is 7.52. The molecule has 2 aliphatic heterocycles. The van der Waals surface area contributed by atoms with Crippen LogP contribution in [-0.4, -0.2) is 35.3 Å². The highest BCUT2D eigenvalue weighted by atomic mass is 79.9. The smallest absolute Gasteiger partial charge is 0.264 e. The number of β-lactam (4-membered cyclic amide) rings is 1. The lowest BCUT2D eigenvalue weighted by molar-refractivity contribution is -0.130. The zero-order chi connectivity index (χ0) is 26.8. The molecule has 3 aromatic rings. The van der Waals surface area contributed by atoms with Gasteiger partial charge in [-0.15, -0.1) is 0 Å². The summed E-state index contributed by atoms with van der Waals surface area (Å²) in [6.45, 7) is 4.30. The minimum absolute atomic E-state index is 0.136. The molecule has 190 valence electrons. The van der Waals surface area contributed by atoms with E-state index in [1.165, 1.54) is 0 Å². The number of rotatable bonds is 5. The van der Waals surface area contributed by atoms with Crippen molar-refractivity contribution in [3.63, 3.8) is 0 Å². The highest BCUT2D eigenvalue weighted by Gasteiger charge is 2.58. The topological polar surface area (TPSA) is 66.9 Å². The van der Waals surface area contributed by atoms with Crippen LogP contribution in [-0.2, 0) is 4.79 Å². The number of amides is 3. The van der Waals surface area contributed by atoms with E-state index < -0.39 is 29.8 Å². The minimum atomic E-state index is -1.15. The molecule has 0 unspecified atom stereocenters. The zero-order valence-corrected chi connectivity index (χ0v) is 23.9. The molecule has 0 aromatic heterocycles. The number of fused-ring (bicyclic) bond motifs is 1. The maximum absolute atomic E-state index is 13.7. The molecule has 3 aromatic carbocycles. The van der Waals surface area contributed by atoms with E-state index in [1.54, 1.807) is 29.2 Å². The number of anilines is 1. The van der Waals surface area contributed by atoms with Crippen molar-refractivity contribution in [1.29, 1.82) is 0 Å². The summed E-state index contributed by atoms with van der Waals surface area (Å²) in [6, 6.07) is 10.9. The Bertz CT molecular complexity index is 1450. The number of ether oxygens (including phenoxy) is 1. The molecule has 37 heavy (non-hydrogen) atoms. The number of benzene rings is 3. The molecule has 1 fully saturated rings. The summed E-state index contributed by atoms with van der Waals surface area (Å²) >= 11 is 28.5. The van der Waals surface area contributed by atoms with Crippen LogP contribution in [0, 0.1) is 6.92 Å². The summed E-state index contributed by atoms with van der Waals surface area (Å²) < 4.78 is 6.24. The Morgan fingerprint density at radius 3 is 1.89 bits per heavy atom. The number of imide groups is 1. The molecule has 2 heterocycles. The standard InChI is InChI=1S/C26H17BrCl4N2O4/c1-3-37-13-7-5-12(6-8-13)22-23(26(36)32(22)15-9-4-11(2)10-14(15)27)33-24(34)16-17(25(33)35)19(29)21(31)20(30)18(16)28/h4-10,22-23H,3H2,1-2H3/t22-,23-/m1/s1. The van der Waals surface area contributed by atoms with Gasteiger partial charge in [-0.25, -0.2) is 0 Å². The molecule has 0 N–H and O–H groups in total. The van der Waals surface area contributed by atoms with E-state index >= 15 is 0 Å². The summed E-state index contributed by atoms with van der Waals surface area (Å²) in [5.41, 5.74) is 1.96. The summed E-state index contributed by atoms with van der Waals surface area (Å²) in [6.07, 6.45) is 0. The Kier molecular flexibility index (Phi) is 6.96. The van der Waals surface area contributed by atoms with E-state index in [1.807, 2.05) is 32.0 Å². The van der Waals surface area contributed by atoms with E-state index in [0.717, 1.165) is 10.5 Å². The van der Waals surface area contributed by atoms with E-state index in [2.05, 4.69) is 15.9 Å². The van der Waals surface area contributed by atoms with E-state index in [9.17, 15) is 14.4 Å². The Labute approximate surface area is 241 Å². The lowest BCUT2D eigenvalue weighted by Gasteiger charge is -2.50. The first kappa shape index (κ1) is 26.3. The van der Waals surface area contributed by atoms with Crippen molar-refractivity contribution in [2.45, 2.75) is 25.9 Å². The Morgan fingerprint density at radius 1 is 0.811 bits per heavy atom. The van der Waals surface area contributed by atoms with Crippen LogP contribution < -0.4 is 9.64 Å². The van der Waals surface area contributed by atoms with Gasteiger partial charge in [0, 0.05) is 4.47 Å². The normalized spacial score (nSPS) is 18.8. The van der Waals surface area contributed by atoms with Crippen LogP contribution in [0.5, 0.6) is 5.75 Å². The quantitative estimate of drug-likeness (QED) is 0.125. The first-order valence-corrected chi connectivity index (χ1v) is 13.4. The van der Waals surface area contributed by atoms with Crippen LogP contribution in [0.3, 0.4) is 0 Å². The van der Waals surface area contributed by atoms with Crippen molar-refractivity contribution < 1.29 is 19.1 Å². The third kappa shape index (κ3) is 4.03. The molecule has 5 rings (SSSR count). The van der Waals surface area contributed by atoms with Gasteiger partial charge in [0.25, 0.3) is 17.7 Å². The molecule has 2 atom stereocenters. The molecule has 3 amide bonds. The molecule has 0 aliphatic carbocycles. The Morgan fingerprint density at radius 2 is 1.38 bits per heavy atom. The molecule has 0 spiro atoms. The second-order valence-electron chi connectivity index (χ2n) is 8.54. The van der Waals surface area contributed by atoms with Gasteiger partial charge < -0.3 is 4.74 Å². The number of halogens is 5. The monoisotopic (exact) mass is 640 g/mol. The molecular formula is C26H17BrCl4N2O4. The number of nitrogens with zero attached hydrogens (tertiary/aromatic N) is 2. The number of hydrogen-bond donors (Lipinski definition) is 0. The second-order valence-corrected chi connectivity index (χ2v) is 10.9. The Hall–Kier alpha value is -2.29. The number of aryl methyl sites for hydroxylation is 1. The van der Waals surface area contributed by atoms with Gasteiger partial charge in [-0.2, -0.15) is 0 Å². The minimum Gasteiger partial charge on any atom is -0.494 e. The average Bonchev–Trinajstić information content (AvgIpc) is 3.12. The van der Waals surface area contributed by atoms with Crippen LogP contribution in [0.4, 0.5) is 5.69 Å². The number of carbonyl (C=O) groups excluding carboxylic acids is 3. The van der Waals surface area contributed by atoms with Crippen molar-refractivity contribution in [2.24, 2.45) is 0 Å². The fourth-order valence-electron chi connectivity index (χ4n) is 4.68. The maximum atomic E-state index is 13.7. The third-order valence-electron chi connectivity index (χ3n) is 6.37. The number of carbonyl (C=O) groups is 3. The molecule has 2 aliphatic rings. The van der Waals surface area contributed by atoms with Crippen LogP contribution in [0.25, 0.3) is 0 Å². The van der Waals surface area contributed by atoms with Crippen LogP contribution >= 0.6 is 62.3 Å². The summed E-state index contributed by atoms with van der Waals surface area (Å²) in [4.78, 5) is 43.3. The third-order valence-corrected chi connectivity index (χ3v) is 8.81. The van der Waals surface area contributed by atoms with Crippen LogP contribution in [0.1, 0.15) is 44.8 Å². The highest BCUT2D eigenvalue weighted by Crippen LogP contribution is 2.50. The van der Waals surface area contributed by atoms with E-state index in [0.29, 0.717) is 28.1 Å². The summed E-state index contributed by atoms with van der Waals surface area (Å²) in [7, 11) is 0. The SMILES string of the molecule is CCOc1ccc([C@@H]2[C@@H](N3C(=O)c4c(Cl)c(Cl)c(Cl)c(Cl)c4C3=O)C(=O)N2c2ccc(C)cc2Br)cc1. The zero-order valence-electron chi connectivity index (χ0n) is 19.3. The lowest BCUT2D eigenvalue weighted by atomic mass is 9.86. The van der Waals surface area contributed by atoms with Crippen LogP contribution in [0.2, 0.25) is 20.1 Å². The molecule has 6 nitrogen and oxygen atoms in total. The van der Waals surface area contributed by atoms with Crippen molar-refractivity contribution in [2.75, 3.05) is 11.5 Å². The molecule has 0 radical (unpaired) electrons. The number of hydrogen-bond acceptors (Lipinski definition) is 4. The molecule has 0 saturated carbocycles. The van der Waals surface area contributed by atoms with Gasteiger partial charge in [-0.05, 0) is 65.2 Å². The van der Waals surface area contributed by atoms with Gasteiger partial charge >= 0.3 is 0 Å². The van der Waals surface area contributed by atoms with Gasteiger partial charge in [0.05, 0.1) is 49.6 Å². The average molecular weight is 643 g/mol. The Balaban J connectivity index is 1.63. The van der Waals surface area contributed by atoms with Crippen molar-refractivity contribution >= 4 is 85.7 Å². The molecule has 0 bridgehead atoms. The van der Waals surface area contributed by atoms with Crippen molar-refractivity contribution in [1.82, 2.24) is 4.90 Å². The van der Waals surface area contributed by atoms with Crippen molar-refractivity contribution in [3.05, 3.63) is 89.3 Å². The molecule has 11 heteroatoms. The summed E-state index contributed by atoms with van der Waals surface area (Å²) in [5.74, 6) is -1.31. The van der Waals surface area contributed by atoms with Gasteiger partial charge in [0.15, 0.2) is 0 Å². The first-order chi connectivity index (χ1) is 17.6. The largest absolute Gasteiger partial charge is 0.494 e. The maximum Gasteiger partial charge on any atom is 0.264 e. The predicted molar refractivity (Wildman–Crippen MR) is 147 cm³/mol. The van der Waals surface area contributed by atoms with Crippen LogP contribution in [0.15, 0.2) is 46.9 Å². The van der Waals surface area contributed by atoms with Gasteiger partial charge in [0.1, 0.15) is 11.8 Å². The van der Waals surface area contributed by atoms with E-state index in [4.69, 9.17) is 51.1 Å². The fraction of sp³-hybridized carbons (Fsp3) is 0.192. The second kappa shape index (κ2) is 9.79. The van der Waals surface area contributed by atoms with Crippen molar-refractivity contribution in [3.8, 4) is 5.75 Å². The summed E-state index contributed by atoms with van der Waals surface area (Å²) in [5, 5.41) is -0.643.